The summed E-state index contributed by atoms with van der Waals surface area (Å²) in [5.41, 5.74) is 2.38. The summed E-state index contributed by atoms with van der Waals surface area (Å²) in [4.78, 5) is 7.46. The van der Waals surface area contributed by atoms with Gasteiger partial charge in [0.25, 0.3) is 0 Å². The highest BCUT2D eigenvalue weighted by Crippen LogP contribution is 2.44. The average molecular weight is 205 g/mol. The number of aryl methyl sites for hydroxylation is 1. The molecule has 0 unspecified atom stereocenters. The molecule has 3 heteroatoms. The molecule has 2 aliphatic rings. The van der Waals surface area contributed by atoms with E-state index in [1.807, 2.05) is 0 Å². The molecule has 3 rings (SSSR count). The van der Waals surface area contributed by atoms with E-state index in [0.29, 0.717) is 0 Å². The molecule has 0 saturated heterocycles. The molecule has 0 aromatic carbocycles. The molecule has 0 aliphatic heterocycles. The molecule has 0 atom stereocenters. The lowest BCUT2D eigenvalue weighted by molar-refractivity contribution is 0.413. The van der Waals surface area contributed by atoms with Crippen LogP contribution >= 0.6 is 0 Å². The predicted octanol–water partition coefficient (Wildman–Crippen LogP) is 2.00. The van der Waals surface area contributed by atoms with E-state index in [1.165, 1.54) is 37.1 Å². The van der Waals surface area contributed by atoms with Crippen molar-refractivity contribution in [3.8, 4) is 0 Å². The van der Waals surface area contributed by atoms with Gasteiger partial charge in [0.1, 0.15) is 0 Å². The first kappa shape index (κ1) is 9.40. The van der Waals surface area contributed by atoms with E-state index < -0.39 is 0 Å². The van der Waals surface area contributed by atoms with Gasteiger partial charge in [-0.3, -0.25) is 0 Å². The van der Waals surface area contributed by atoms with Gasteiger partial charge < -0.3 is 10.3 Å². The second kappa shape index (κ2) is 3.63. The summed E-state index contributed by atoms with van der Waals surface area (Å²) in [5.74, 6) is 1.94. The van der Waals surface area contributed by atoms with Crippen molar-refractivity contribution in [1.82, 2.24) is 15.3 Å². The standard InChI is InChI=1S/C12H19N3/c1-8-11(15-7-14-8)6-13-12(9-2-3-9)10-4-5-10/h7,9-10,12-13H,2-6H2,1H3,(H,14,15). The van der Waals surface area contributed by atoms with Crippen molar-refractivity contribution in [2.45, 2.75) is 45.2 Å². The van der Waals surface area contributed by atoms with E-state index in [0.717, 1.165) is 24.4 Å². The molecule has 1 aromatic rings. The van der Waals surface area contributed by atoms with Crippen LogP contribution in [0.1, 0.15) is 37.1 Å². The van der Waals surface area contributed by atoms with Crippen LogP contribution in [0.5, 0.6) is 0 Å². The van der Waals surface area contributed by atoms with Crippen LogP contribution in [0.15, 0.2) is 6.33 Å². The van der Waals surface area contributed by atoms with Gasteiger partial charge in [0.2, 0.25) is 0 Å². The normalized spacial score (nSPS) is 21.2. The number of aromatic amines is 1. The maximum absolute atomic E-state index is 4.33. The highest BCUT2D eigenvalue weighted by atomic mass is 15.0. The van der Waals surface area contributed by atoms with Gasteiger partial charge in [-0.1, -0.05) is 0 Å². The first-order valence-corrected chi connectivity index (χ1v) is 6.07. The highest BCUT2D eigenvalue weighted by molar-refractivity contribution is 5.09. The minimum absolute atomic E-state index is 0.779. The third kappa shape index (κ3) is 2.07. The molecule has 0 spiro atoms. The molecule has 15 heavy (non-hydrogen) atoms. The Labute approximate surface area is 90.7 Å². The molecule has 0 amide bonds. The third-order valence-electron chi connectivity index (χ3n) is 3.70. The zero-order valence-electron chi connectivity index (χ0n) is 9.29. The third-order valence-corrected chi connectivity index (χ3v) is 3.70. The van der Waals surface area contributed by atoms with E-state index in [2.05, 4.69) is 22.2 Å². The smallest absolute Gasteiger partial charge is 0.0925 e. The van der Waals surface area contributed by atoms with Crippen LogP contribution in [0.3, 0.4) is 0 Å². The fourth-order valence-electron chi connectivity index (χ4n) is 2.41. The fraction of sp³-hybridized carbons (Fsp3) is 0.750. The summed E-state index contributed by atoms with van der Waals surface area (Å²) >= 11 is 0. The molecule has 1 heterocycles. The van der Waals surface area contributed by atoms with Crippen LogP contribution in [0.2, 0.25) is 0 Å². The summed E-state index contributed by atoms with van der Waals surface area (Å²) < 4.78 is 0. The number of aromatic nitrogens is 2. The number of nitrogens with zero attached hydrogens (tertiary/aromatic N) is 1. The van der Waals surface area contributed by atoms with E-state index in [9.17, 15) is 0 Å². The topological polar surface area (TPSA) is 40.7 Å². The van der Waals surface area contributed by atoms with Crippen LogP contribution in [-0.2, 0) is 6.54 Å². The van der Waals surface area contributed by atoms with Crippen molar-refractivity contribution in [3.63, 3.8) is 0 Å². The molecule has 1 aromatic heterocycles. The van der Waals surface area contributed by atoms with Gasteiger partial charge in [0.15, 0.2) is 0 Å². The molecule has 2 aliphatic carbocycles. The summed E-state index contributed by atoms with van der Waals surface area (Å²) in [6.45, 7) is 3.03. The van der Waals surface area contributed by atoms with Gasteiger partial charge in [-0.05, 0) is 44.4 Å². The largest absolute Gasteiger partial charge is 0.348 e. The van der Waals surface area contributed by atoms with E-state index in [1.54, 1.807) is 6.33 Å². The molecule has 82 valence electrons. The Hall–Kier alpha value is -0.830. The quantitative estimate of drug-likeness (QED) is 0.772. The number of imidazole rings is 1. The molecule has 2 saturated carbocycles. The van der Waals surface area contributed by atoms with Crippen LogP contribution in [0.25, 0.3) is 0 Å². The summed E-state index contributed by atoms with van der Waals surface area (Å²) in [6, 6.07) is 0.779. The number of H-pyrrole nitrogens is 1. The molecule has 0 bridgehead atoms. The Morgan fingerprint density at radius 2 is 2.07 bits per heavy atom. The Kier molecular flexibility index (Phi) is 2.28. The van der Waals surface area contributed by atoms with Gasteiger partial charge in [0, 0.05) is 18.3 Å². The zero-order valence-corrected chi connectivity index (χ0v) is 9.29. The molecule has 0 radical (unpaired) electrons. The van der Waals surface area contributed by atoms with Crippen molar-refractivity contribution in [1.29, 1.82) is 0 Å². The second-order valence-corrected chi connectivity index (χ2v) is 5.06. The summed E-state index contributed by atoms with van der Waals surface area (Å²) in [7, 11) is 0. The maximum Gasteiger partial charge on any atom is 0.0925 e. The van der Waals surface area contributed by atoms with Crippen LogP contribution < -0.4 is 5.32 Å². The van der Waals surface area contributed by atoms with Crippen molar-refractivity contribution in [3.05, 3.63) is 17.7 Å². The highest BCUT2D eigenvalue weighted by Gasteiger charge is 2.40. The van der Waals surface area contributed by atoms with Crippen LogP contribution in [-0.4, -0.2) is 16.0 Å². The second-order valence-electron chi connectivity index (χ2n) is 5.06. The summed E-state index contributed by atoms with van der Waals surface area (Å²) in [5, 5.41) is 3.70. The predicted molar refractivity (Wildman–Crippen MR) is 59.4 cm³/mol. The fourth-order valence-corrected chi connectivity index (χ4v) is 2.41. The molecular formula is C12H19N3. The number of hydrogen-bond donors (Lipinski definition) is 2. The number of hydrogen-bond acceptors (Lipinski definition) is 2. The minimum atomic E-state index is 0.779. The number of rotatable bonds is 5. The van der Waals surface area contributed by atoms with Crippen LogP contribution in [0, 0.1) is 18.8 Å². The first-order chi connectivity index (χ1) is 7.34. The molecule has 2 N–H and O–H groups in total. The summed E-state index contributed by atoms with van der Waals surface area (Å²) in [6.07, 6.45) is 7.54. The van der Waals surface area contributed by atoms with Gasteiger partial charge in [-0.2, -0.15) is 0 Å². The van der Waals surface area contributed by atoms with Crippen molar-refractivity contribution < 1.29 is 0 Å². The molecular weight excluding hydrogens is 186 g/mol. The van der Waals surface area contributed by atoms with Crippen molar-refractivity contribution in [2.24, 2.45) is 11.8 Å². The van der Waals surface area contributed by atoms with Crippen LogP contribution in [0.4, 0.5) is 0 Å². The van der Waals surface area contributed by atoms with E-state index in [-0.39, 0.29) is 0 Å². The average Bonchev–Trinajstić information content (AvgIpc) is 3.11. The van der Waals surface area contributed by atoms with Gasteiger partial charge in [-0.25, -0.2) is 4.98 Å². The Balaban J connectivity index is 1.57. The lowest BCUT2D eigenvalue weighted by atomic mass is 10.1. The SMILES string of the molecule is Cc1[nH]cnc1CNC(C1CC1)C1CC1. The first-order valence-electron chi connectivity index (χ1n) is 6.07. The van der Waals surface area contributed by atoms with Crippen molar-refractivity contribution >= 4 is 0 Å². The Morgan fingerprint density at radius 3 is 2.53 bits per heavy atom. The Bertz CT molecular complexity index is 324. The Morgan fingerprint density at radius 1 is 1.40 bits per heavy atom. The monoisotopic (exact) mass is 205 g/mol. The molecule has 2 fully saturated rings. The minimum Gasteiger partial charge on any atom is -0.348 e. The molecule has 3 nitrogen and oxygen atoms in total. The van der Waals surface area contributed by atoms with Gasteiger partial charge >= 0.3 is 0 Å². The lowest BCUT2D eigenvalue weighted by Crippen LogP contribution is -2.32. The lowest BCUT2D eigenvalue weighted by Gasteiger charge is -2.16. The zero-order chi connectivity index (χ0) is 10.3. The van der Waals surface area contributed by atoms with E-state index >= 15 is 0 Å². The van der Waals surface area contributed by atoms with Gasteiger partial charge in [-0.15, -0.1) is 0 Å². The van der Waals surface area contributed by atoms with Gasteiger partial charge in [0.05, 0.1) is 12.0 Å². The van der Waals surface area contributed by atoms with Crippen molar-refractivity contribution in [2.75, 3.05) is 0 Å². The van der Waals surface area contributed by atoms with E-state index in [4.69, 9.17) is 0 Å². The maximum atomic E-state index is 4.33. The number of nitrogens with one attached hydrogen (secondary N) is 2.